The van der Waals surface area contributed by atoms with Crippen molar-refractivity contribution < 1.29 is 14.6 Å². The van der Waals surface area contributed by atoms with Crippen LogP contribution in [0.25, 0.3) is 0 Å². The molecule has 0 spiro atoms. The lowest BCUT2D eigenvalue weighted by Crippen LogP contribution is -2.33. The molecule has 0 bridgehead atoms. The van der Waals surface area contributed by atoms with Gasteiger partial charge in [0.25, 0.3) is 0 Å². The van der Waals surface area contributed by atoms with Gasteiger partial charge in [-0.25, -0.2) is 4.79 Å². The standard InChI is InChI=1S/C15H21NO3/c1-11(2)19-10-9-16-8-4-6-12-13(15(17)18)5-3-7-14(12)16/h3,5,7,11H,4,6,8-10H2,1-2H3,(H,17,18). The molecule has 1 aliphatic rings. The maximum atomic E-state index is 11.2. The zero-order valence-electron chi connectivity index (χ0n) is 11.6. The number of carbonyl (C=O) groups is 1. The van der Waals surface area contributed by atoms with E-state index >= 15 is 0 Å². The van der Waals surface area contributed by atoms with Gasteiger partial charge in [0.05, 0.1) is 18.3 Å². The molecule has 0 amide bonds. The summed E-state index contributed by atoms with van der Waals surface area (Å²) in [6.07, 6.45) is 2.08. The molecule has 0 aliphatic carbocycles. The summed E-state index contributed by atoms with van der Waals surface area (Å²) in [5.41, 5.74) is 2.45. The molecule has 1 aliphatic heterocycles. The fourth-order valence-corrected chi connectivity index (χ4v) is 2.53. The second-order valence-electron chi connectivity index (χ2n) is 5.12. The van der Waals surface area contributed by atoms with Crippen LogP contribution < -0.4 is 4.90 Å². The Bertz CT molecular complexity index is 457. The maximum absolute atomic E-state index is 11.2. The van der Waals surface area contributed by atoms with Crippen LogP contribution in [0.5, 0.6) is 0 Å². The number of hydrogen-bond acceptors (Lipinski definition) is 3. The molecule has 19 heavy (non-hydrogen) atoms. The van der Waals surface area contributed by atoms with Crippen LogP contribution >= 0.6 is 0 Å². The first-order chi connectivity index (χ1) is 9.09. The van der Waals surface area contributed by atoms with Crippen LogP contribution in [0.4, 0.5) is 5.69 Å². The molecule has 0 saturated heterocycles. The zero-order chi connectivity index (χ0) is 13.8. The van der Waals surface area contributed by atoms with E-state index in [2.05, 4.69) is 4.90 Å². The number of carboxylic acids is 1. The molecule has 0 saturated carbocycles. The summed E-state index contributed by atoms with van der Waals surface area (Å²) < 4.78 is 5.58. The van der Waals surface area contributed by atoms with Crippen LogP contribution in [0.3, 0.4) is 0 Å². The average molecular weight is 263 g/mol. The van der Waals surface area contributed by atoms with Gasteiger partial charge in [-0.2, -0.15) is 0 Å². The first-order valence-electron chi connectivity index (χ1n) is 6.81. The number of hydrogen-bond donors (Lipinski definition) is 1. The van der Waals surface area contributed by atoms with Gasteiger partial charge in [-0.1, -0.05) is 6.07 Å². The van der Waals surface area contributed by atoms with E-state index < -0.39 is 5.97 Å². The van der Waals surface area contributed by atoms with Crippen LogP contribution in [0.1, 0.15) is 36.2 Å². The van der Waals surface area contributed by atoms with Crippen molar-refractivity contribution in [1.82, 2.24) is 0 Å². The second-order valence-corrected chi connectivity index (χ2v) is 5.12. The van der Waals surface area contributed by atoms with E-state index in [1.807, 2.05) is 26.0 Å². The molecule has 1 aromatic rings. The Kier molecular flexibility index (Phi) is 4.43. The highest BCUT2D eigenvalue weighted by atomic mass is 16.5. The van der Waals surface area contributed by atoms with Crippen molar-refractivity contribution in [3.05, 3.63) is 29.3 Å². The average Bonchev–Trinajstić information content (AvgIpc) is 2.37. The van der Waals surface area contributed by atoms with Gasteiger partial charge in [0.1, 0.15) is 0 Å². The lowest BCUT2D eigenvalue weighted by atomic mass is 9.96. The maximum Gasteiger partial charge on any atom is 0.336 e. The highest BCUT2D eigenvalue weighted by Gasteiger charge is 2.21. The summed E-state index contributed by atoms with van der Waals surface area (Å²) in [5.74, 6) is -0.836. The normalized spacial score (nSPS) is 14.6. The number of rotatable bonds is 5. The number of carboxylic acid groups (broad SMARTS) is 1. The van der Waals surface area contributed by atoms with Gasteiger partial charge in [0.2, 0.25) is 0 Å². The van der Waals surface area contributed by atoms with Gasteiger partial charge >= 0.3 is 5.97 Å². The first kappa shape index (κ1) is 13.9. The fraction of sp³-hybridized carbons (Fsp3) is 0.533. The summed E-state index contributed by atoms with van der Waals surface area (Å²) in [5, 5.41) is 9.23. The number of aromatic carboxylic acids is 1. The lowest BCUT2D eigenvalue weighted by molar-refractivity contribution is 0.0695. The second kappa shape index (κ2) is 6.06. The van der Waals surface area contributed by atoms with Crippen molar-refractivity contribution in [1.29, 1.82) is 0 Å². The summed E-state index contributed by atoms with van der Waals surface area (Å²) in [6.45, 7) is 6.50. The molecule has 0 aromatic heterocycles. The van der Waals surface area contributed by atoms with E-state index in [0.717, 1.165) is 37.2 Å². The van der Waals surface area contributed by atoms with E-state index in [0.29, 0.717) is 12.2 Å². The Morgan fingerprint density at radius 2 is 2.26 bits per heavy atom. The van der Waals surface area contributed by atoms with E-state index in [1.54, 1.807) is 6.07 Å². The van der Waals surface area contributed by atoms with E-state index in [1.165, 1.54) is 0 Å². The topological polar surface area (TPSA) is 49.8 Å². The third kappa shape index (κ3) is 3.26. The highest BCUT2D eigenvalue weighted by molar-refractivity contribution is 5.91. The third-order valence-electron chi connectivity index (χ3n) is 3.39. The molecular formula is C15H21NO3. The van der Waals surface area contributed by atoms with E-state index in [4.69, 9.17) is 4.74 Å². The fourth-order valence-electron chi connectivity index (χ4n) is 2.53. The minimum Gasteiger partial charge on any atom is -0.478 e. The smallest absolute Gasteiger partial charge is 0.336 e. The van der Waals surface area contributed by atoms with Gasteiger partial charge < -0.3 is 14.7 Å². The largest absolute Gasteiger partial charge is 0.478 e. The SMILES string of the molecule is CC(C)OCCN1CCCc2c(C(=O)O)cccc21. The quantitative estimate of drug-likeness (QED) is 0.887. The van der Waals surface area contributed by atoms with Crippen LogP contribution in [-0.4, -0.2) is 36.9 Å². The number of fused-ring (bicyclic) bond motifs is 1. The molecule has 1 heterocycles. The third-order valence-corrected chi connectivity index (χ3v) is 3.39. The predicted molar refractivity (Wildman–Crippen MR) is 75.0 cm³/mol. The Labute approximate surface area is 114 Å². The van der Waals surface area contributed by atoms with Gasteiger partial charge in [0, 0.05) is 18.8 Å². The monoisotopic (exact) mass is 263 g/mol. The van der Waals surface area contributed by atoms with Crippen LogP contribution in [0.15, 0.2) is 18.2 Å². The lowest BCUT2D eigenvalue weighted by Gasteiger charge is -2.32. The molecular weight excluding hydrogens is 242 g/mol. The van der Waals surface area contributed by atoms with Crippen molar-refractivity contribution in [3.8, 4) is 0 Å². The van der Waals surface area contributed by atoms with Crippen molar-refractivity contribution in [2.24, 2.45) is 0 Å². The predicted octanol–water partition coefficient (Wildman–Crippen LogP) is 2.56. The Morgan fingerprint density at radius 1 is 1.47 bits per heavy atom. The summed E-state index contributed by atoms with van der Waals surface area (Å²) in [7, 11) is 0. The summed E-state index contributed by atoms with van der Waals surface area (Å²) in [6, 6.07) is 5.52. The zero-order valence-corrected chi connectivity index (χ0v) is 11.6. The molecule has 4 heteroatoms. The van der Waals surface area contributed by atoms with Crippen LogP contribution in [0, 0.1) is 0 Å². The molecule has 0 radical (unpaired) electrons. The summed E-state index contributed by atoms with van der Waals surface area (Å²) in [4.78, 5) is 13.5. The number of ether oxygens (including phenoxy) is 1. The van der Waals surface area contributed by atoms with Gasteiger partial charge in [-0.05, 0) is 44.4 Å². The van der Waals surface area contributed by atoms with E-state index in [9.17, 15) is 9.90 Å². The molecule has 1 N–H and O–H groups in total. The van der Waals surface area contributed by atoms with Crippen molar-refractivity contribution in [2.45, 2.75) is 32.8 Å². The number of anilines is 1. The molecule has 104 valence electrons. The molecule has 0 atom stereocenters. The van der Waals surface area contributed by atoms with Gasteiger partial charge in [0.15, 0.2) is 0 Å². The molecule has 0 unspecified atom stereocenters. The minimum absolute atomic E-state index is 0.231. The molecule has 4 nitrogen and oxygen atoms in total. The van der Waals surface area contributed by atoms with Gasteiger partial charge in [-0.15, -0.1) is 0 Å². The van der Waals surface area contributed by atoms with Crippen LogP contribution in [-0.2, 0) is 11.2 Å². The Hall–Kier alpha value is -1.55. The highest BCUT2D eigenvalue weighted by Crippen LogP contribution is 2.29. The Morgan fingerprint density at radius 3 is 2.95 bits per heavy atom. The number of nitrogens with zero attached hydrogens (tertiary/aromatic N) is 1. The van der Waals surface area contributed by atoms with Crippen molar-refractivity contribution in [3.63, 3.8) is 0 Å². The minimum atomic E-state index is -0.836. The van der Waals surface area contributed by atoms with E-state index in [-0.39, 0.29) is 6.10 Å². The molecule has 0 fully saturated rings. The van der Waals surface area contributed by atoms with Crippen molar-refractivity contribution >= 4 is 11.7 Å². The number of benzene rings is 1. The first-order valence-corrected chi connectivity index (χ1v) is 6.81. The summed E-state index contributed by atoms with van der Waals surface area (Å²) >= 11 is 0. The van der Waals surface area contributed by atoms with Crippen molar-refractivity contribution in [2.75, 3.05) is 24.6 Å². The molecule has 1 aromatic carbocycles. The van der Waals surface area contributed by atoms with Crippen LogP contribution in [0.2, 0.25) is 0 Å². The van der Waals surface area contributed by atoms with Gasteiger partial charge in [-0.3, -0.25) is 0 Å². The molecule has 2 rings (SSSR count). The Balaban J connectivity index is 2.15.